The molecule has 0 spiro atoms. The lowest BCUT2D eigenvalue weighted by molar-refractivity contribution is -0.143. The zero-order chi connectivity index (χ0) is 28.8. The van der Waals surface area contributed by atoms with Crippen LogP contribution in [0.25, 0.3) is 0 Å². The van der Waals surface area contributed by atoms with Gasteiger partial charge in [0.05, 0.1) is 6.42 Å². The number of piperidine rings is 3. The van der Waals surface area contributed by atoms with Crippen LogP contribution in [0.4, 0.5) is 0 Å². The number of carboxylic acid groups (broad SMARTS) is 2. The highest BCUT2D eigenvalue weighted by molar-refractivity contribution is 5.99. The Labute approximate surface area is 236 Å². The van der Waals surface area contributed by atoms with Crippen LogP contribution in [0.3, 0.4) is 0 Å². The number of aliphatic carboxylic acids is 2. The Balaban J connectivity index is 1.41. The second-order valence-corrected chi connectivity index (χ2v) is 12.0. The number of hydrogen-bond donors (Lipinski definition) is 4. The molecule has 4 heterocycles. The first-order valence-electron chi connectivity index (χ1n) is 14.8. The Morgan fingerprint density at radius 2 is 1.55 bits per heavy atom. The molecule has 2 bridgehead atoms. The Hall–Kier alpha value is -2.98. The van der Waals surface area contributed by atoms with E-state index >= 15 is 0 Å². The van der Waals surface area contributed by atoms with Gasteiger partial charge in [0.1, 0.15) is 6.04 Å². The van der Waals surface area contributed by atoms with Gasteiger partial charge in [-0.25, -0.2) is 4.79 Å². The standard InChI is InChI=1S/C30H44N4O6/c1-3-11-33-12-8-19(2)15-23(17-33)25(16-26(35)36)31-28(37)21-4-6-22(7-5-21)29(38)32-27(30(39)40)24-18-34-13-9-20(24)10-14-34/h4-7,19-20,23-25,27H,3,8-18H2,1-2H3,(H,31,37)(H,32,38)(H,35,36)(H,39,40)/t19?,23?,24?,25?,27-/m1/s1. The van der Waals surface area contributed by atoms with Crippen LogP contribution in [-0.4, -0.2) is 95.1 Å². The molecule has 4 fully saturated rings. The predicted molar refractivity (Wildman–Crippen MR) is 150 cm³/mol. The van der Waals surface area contributed by atoms with Crippen LogP contribution < -0.4 is 10.6 Å². The number of carboxylic acids is 2. The van der Waals surface area contributed by atoms with Crippen LogP contribution in [0.15, 0.2) is 24.3 Å². The molecule has 40 heavy (non-hydrogen) atoms. The Morgan fingerprint density at radius 1 is 0.925 bits per heavy atom. The topological polar surface area (TPSA) is 139 Å². The molecule has 0 radical (unpaired) electrons. The largest absolute Gasteiger partial charge is 0.481 e. The van der Waals surface area contributed by atoms with Gasteiger partial charge in [-0.15, -0.1) is 0 Å². The van der Waals surface area contributed by atoms with Crippen molar-refractivity contribution in [1.82, 2.24) is 20.4 Å². The SMILES string of the molecule is CCCN1CCC(C)CC(C(CC(=O)O)NC(=O)c2ccc(C(=O)N[C@@H](C(=O)O)C3CN4CCC3CC4)cc2)C1. The summed E-state index contributed by atoms with van der Waals surface area (Å²) in [5.41, 5.74) is 0.602. The lowest BCUT2D eigenvalue weighted by Crippen LogP contribution is -2.57. The molecule has 0 aliphatic carbocycles. The lowest BCUT2D eigenvalue weighted by atomic mass is 9.75. The monoisotopic (exact) mass is 556 g/mol. The normalized spacial score (nSPS) is 28.2. The summed E-state index contributed by atoms with van der Waals surface area (Å²) in [5.74, 6) is -2.22. The summed E-state index contributed by atoms with van der Waals surface area (Å²) in [7, 11) is 0. The van der Waals surface area contributed by atoms with E-state index in [0.717, 1.165) is 64.8 Å². The molecule has 4 unspecified atom stereocenters. The third-order valence-electron chi connectivity index (χ3n) is 9.05. The van der Waals surface area contributed by atoms with Crippen LogP contribution in [0, 0.1) is 23.7 Å². The van der Waals surface area contributed by atoms with Gasteiger partial charge in [-0.3, -0.25) is 14.4 Å². The summed E-state index contributed by atoms with van der Waals surface area (Å²) in [6.07, 6.45) is 4.67. The first-order chi connectivity index (χ1) is 19.1. The number of likely N-dealkylation sites (tertiary alicyclic amines) is 1. The lowest BCUT2D eigenvalue weighted by Gasteiger charge is -2.46. The number of fused-ring (bicyclic) bond motifs is 3. The van der Waals surface area contributed by atoms with Crippen molar-refractivity contribution < 1.29 is 29.4 Å². The molecule has 4 aliphatic heterocycles. The number of benzene rings is 1. The summed E-state index contributed by atoms with van der Waals surface area (Å²) < 4.78 is 0. The molecule has 4 N–H and O–H groups in total. The molecule has 1 aromatic rings. The highest BCUT2D eigenvalue weighted by atomic mass is 16.4. The quantitative estimate of drug-likeness (QED) is 0.326. The van der Waals surface area contributed by atoms with E-state index in [4.69, 9.17) is 0 Å². The maximum atomic E-state index is 13.2. The summed E-state index contributed by atoms with van der Waals surface area (Å²) in [5, 5.41) is 25.1. The molecule has 4 aliphatic rings. The molecule has 10 heteroatoms. The number of rotatable bonds is 11. The van der Waals surface area contributed by atoms with E-state index in [1.807, 2.05) is 0 Å². The molecule has 10 nitrogen and oxygen atoms in total. The van der Waals surface area contributed by atoms with Crippen molar-refractivity contribution in [1.29, 1.82) is 0 Å². The minimum atomic E-state index is -1.03. The highest BCUT2D eigenvalue weighted by Gasteiger charge is 2.42. The minimum Gasteiger partial charge on any atom is -0.481 e. The van der Waals surface area contributed by atoms with E-state index in [1.165, 1.54) is 24.3 Å². The van der Waals surface area contributed by atoms with Gasteiger partial charge in [0.2, 0.25) is 0 Å². The van der Waals surface area contributed by atoms with Gasteiger partial charge in [-0.05, 0) is 100 Å². The third kappa shape index (κ3) is 7.60. The van der Waals surface area contributed by atoms with Crippen molar-refractivity contribution in [2.24, 2.45) is 23.7 Å². The Kier molecular flexibility index (Phi) is 10.2. The van der Waals surface area contributed by atoms with Crippen molar-refractivity contribution in [3.05, 3.63) is 35.4 Å². The predicted octanol–water partition coefficient (Wildman–Crippen LogP) is 2.54. The maximum absolute atomic E-state index is 13.2. The molecule has 2 amide bonds. The van der Waals surface area contributed by atoms with Crippen molar-refractivity contribution in [3.63, 3.8) is 0 Å². The first-order valence-corrected chi connectivity index (χ1v) is 14.8. The molecule has 1 aromatic carbocycles. The number of nitrogens with zero attached hydrogens (tertiary/aromatic N) is 2. The summed E-state index contributed by atoms with van der Waals surface area (Å²) >= 11 is 0. The van der Waals surface area contributed by atoms with Gasteiger partial charge in [0.15, 0.2) is 0 Å². The summed E-state index contributed by atoms with van der Waals surface area (Å²) in [6.45, 7) is 9.62. The number of nitrogens with one attached hydrogen (secondary N) is 2. The number of amides is 2. The summed E-state index contributed by atoms with van der Waals surface area (Å²) in [6, 6.07) is 4.63. The Bertz CT molecular complexity index is 1050. The van der Waals surface area contributed by atoms with E-state index in [1.54, 1.807) is 0 Å². The van der Waals surface area contributed by atoms with E-state index in [-0.39, 0.29) is 29.7 Å². The molecule has 0 aromatic heterocycles. The first kappa shape index (κ1) is 30.0. The Morgan fingerprint density at radius 3 is 2.08 bits per heavy atom. The number of carbonyl (C=O) groups is 4. The van der Waals surface area contributed by atoms with Crippen molar-refractivity contribution in [2.75, 3.05) is 39.3 Å². The van der Waals surface area contributed by atoms with Gasteiger partial charge in [-0.2, -0.15) is 0 Å². The molecular weight excluding hydrogens is 512 g/mol. The van der Waals surface area contributed by atoms with Gasteiger partial charge < -0.3 is 30.6 Å². The van der Waals surface area contributed by atoms with E-state index in [2.05, 4.69) is 34.3 Å². The minimum absolute atomic E-state index is 0.0217. The van der Waals surface area contributed by atoms with Gasteiger partial charge >= 0.3 is 11.9 Å². The molecular formula is C30H44N4O6. The summed E-state index contributed by atoms with van der Waals surface area (Å²) in [4.78, 5) is 54.6. The third-order valence-corrected chi connectivity index (χ3v) is 9.05. The highest BCUT2D eigenvalue weighted by Crippen LogP contribution is 2.34. The van der Waals surface area contributed by atoms with E-state index in [0.29, 0.717) is 23.9 Å². The maximum Gasteiger partial charge on any atom is 0.326 e. The number of carbonyl (C=O) groups excluding carboxylic acids is 2. The molecule has 5 atom stereocenters. The van der Waals surface area contributed by atoms with Crippen molar-refractivity contribution in [2.45, 2.75) is 64.5 Å². The fraction of sp³-hybridized carbons (Fsp3) is 0.667. The average Bonchev–Trinajstić information content (AvgIpc) is 3.12. The van der Waals surface area contributed by atoms with Crippen LogP contribution in [0.2, 0.25) is 0 Å². The smallest absolute Gasteiger partial charge is 0.326 e. The van der Waals surface area contributed by atoms with Gasteiger partial charge in [-0.1, -0.05) is 13.8 Å². The second-order valence-electron chi connectivity index (χ2n) is 12.0. The van der Waals surface area contributed by atoms with Gasteiger partial charge in [0.25, 0.3) is 11.8 Å². The second kappa shape index (κ2) is 13.6. The van der Waals surface area contributed by atoms with Crippen LogP contribution >= 0.6 is 0 Å². The zero-order valence-corrected chi connectivity index (χ0v) is 23.7. The molecule has 220 valence electrons. The van der Waals surface area contributed by atoms with Crippen LogP contribution in [-0.2, 0) is 9.59 Å². The van der Waals surface area contributed by atoms with Crippen molar-refractivity contribution >= 4 is 23.8 Å². The van der Waals surface area contributed by atoms with Gasteiger partial charge in [0, 0.05) is 36.2 Å². The molecule has 5 rings (SSSR count). The fourth-order valence-electron chi connectivity index (χ4n) is 6.86. The van der Waals surface area contributed by atoms with Crippen LogP contribution in [0.5, 0.6) is 0 Å². The molecule has 0 saturated carbocycles. The van der Waals surface area contributed by atoms with E-state index in [9.17, 15) is 29.4 Å². The van der Waals surface area contributed by atoms with Crippen LogP contribution in [0.1, 0.15) is 73.1 Å². The molecule has 4 saturated heterocycles. The zero-order valence-electron chi connectivity index (χ0n) is 23.7. The average molecular weight is 557 g/mol. The fourth-order valence-corrected chi connectivity index (χ4v) is 6.86. The number of hydrogen-bond acceptors (Lipinski definition) is 6. The van der Waals surface area contributed by atoms with Crippen molar-refractivity contribution in [3.8, 4) is 0 Å². The van der Waals surface area contributed by atoms with E-state index < -0.39 is 29.9 Å².